The number of carbonyl (C=O) groups is 1. The number of nitrogens with one attached hydrogen (secondary N) is 1. The van der Waals surface area contributed by atoms with Gasteiger partial charge in [0.15, 0.2) is 0 Å². The van der Waals surface area contributed by atoms with Crippen LogP contribution in [0.2, 0.25) is 0 Å². The fraction of sp³-hybridized carbons (Fsp3) is 0.462. The summed E-state index contributed by atoms with van der Waals surface area (Å²) in [6.45, 7) is 4.03. The van der Waals surface area contributed by atoms with Crippen molar-refractivity contribution in [3.63, 3.8) is 0 Å². The Morgan fingerprint density at radius 2 is 2.11 bits per heavy atom. The Morgan fingerprint density at radius 3 is 2.78 bits per heavy atom. The predicted molar refractivity (Wildman–Crippen MR) is 76.9 cm³/mol. The molecule has 1 aromatic rings. The zero-order chi connectivity index (χ0) is 13.0. The third kappa shape index (κ3) is 3.10. The summed E-state index contributed by atoms with van der Waals surface area (Å²) in [7, 11) is 1.93. The first-order valence-corrected chi connectivity index (χ1v) is 6.93. The summed E-state index contributed by atoms with van der Waals surface area (Å²) in [6, 6.07) is 7.86. The molecule has 0 aromatic heterocycles. The molecule has 1 N–H and O–H groups in total. The molecule has 1 saturated heterocycles. The van der Waals surface area contributed by atoms with Crippen LogP contribution in [0.15, 0.2) is 28.7 Å². The van der Waals surface area contributed by atoms with Gasteiger partial charge in [-0.1, -0.05) is 12.1 Å². The van der Waals surface area contributed by atoms with Crippen LogP contribution in [0.3, 0.4) is 0 Å². The molecule has 1 aliphatic rings. The smallest absolute Gasteiger partial charge is 0.241 e. The third-order valence-electron chi connectivity index (χ3n) is 3.12. The molecule has 1 aliphatic heterocycles. The van der Waals surface area contributed by atoms with Crippen molar-refractivity contribution in [2.75, 3.05) is 44.7 Å². The molecule has 18 heavy (non-hydrogen) atoms. The molecule has 0 radical (unpaired) electrons. The third-order valence-corrected chi connectivity index (χ3v) is 3.79. The highest BCUT2D eigenvalue weighted by Gasteiger charge is 2.25. The molecular formula is C13H18BrN3O. The van der Waals surface area contributed by atoms with Crippen LogP contribution in [0.25, 0.3) is 0 Å². The van der Waals surface area contributed by atoms with Crippen molar-refractivity contribution in [1.82, 2.24) is 10.2 Å². The second-order valence-electron chi connectivity index (χ2n) is 4.38. The van der Waals surface area contributed by atoms with E-state index in [1.807, 2.05) is 36.2 Å². The van der Waals surface area contributed by atoms with E-state index in [0.29, 0.717) is 6.54 Å². The number of rotatable bonds is 4. The van der Waals surface area contributed by atoms with Crippen molar-refractivity contribution in [2.45, 2.75) is 0 Å². The number of hydrogen-bond acceptors (Lipinski definition) is 3. The van der Waals surface area contributed by atoms with Crippen molar-refractivity contribution >= 4 is 27.5 Å². The van der Waals surface area contributed by atoms with E-state index in [1.54, 1.807) is 0 Å². The summed E-state index contributed by atoms with van der Waals surface area (Å²) < 4.78 is 0.974. The van der Waals surface area contributed by atoms with Gasteiger partial charge in [-0.25, -0.2) is 0 Å². The van der Waals surface area contributed by atoms with Crippen LogP contribution in [0.1, 0.15) is 0 Å². The van der Waals surface area contributed by atoms with Crippen LogP contribution >= 0.6 is 15.9 Å². The highest BCUT2D eigenvalue weighted by Crippen LogP contribution is 2.26. The SMILES string of the molecule is CNCCN1CCN(c2ccccc2Br)C(=O)C1. The van der Waals surface area contributed by atoms with E-state index in [0.717, 1.165) is 36.3 Å². The Balaban J connectivity index is 2.02. The van der Waals surface area contributed by atoms with Crippen molar-refractivity contribution in [1.29, 1.82) is 0 Å². The number of amides is 1. The van der Waals surface area contributed by atoms with Gasteiger partial charge in [-0.15, -0.1) is 0 Å². The Kier molecular flexibility index (Phi) is 4.74. The van der Waals surface area contributed by atoms with Crippen LogP contribution in [-0.4, -0.2) is 50.6 Å². The number of piperazine rings is 1. The van der Waals surface area contributed by atoms with E-state index in [9.17, 15) is 4.79 Å². The molecule has 1 fully saturated rings. The highest BCUT2D eigenvalue weighted by atomic mass is 79.9. The topological polar surface area (TPSA) is 35.6 Å². The number of nitrogens with zero attached hydrogens (tertiary/aromatic N) is 2. The zero-order valence-corrected chi connectivity index (χ0v) is 12.1. The molecular weight excluding hydrogens is 294 g/mol. The van der Waals surface area contributed by atoms with E-state index < -0.39 is 0 Å². The van der Waals surface area contributed by atoms with Crippen molar-refractivity contribution in [3.8, 4) is 0 Å². The molecule has 0 saturated carbocycles. The second-order valence-corrected chi connectivity index (χ2v) is 5.23. The summed E-state index contributed by atoms with van der Waals surface area (Å²) >= 11 is 3.50. The molecule has 0 atom stereocenters. The molecule has 98 valence electrons. The first-order valence-electron chi connectivity index (χ1n) is 6.14. The van der Waals surface area contributed by atoms with Gasteiger partial charge in [-0.05, 0) is 35.1 Å². The fourth-order valence-electron chi connectivity index (χ4n) is 2.11. The van der Waals surface area contributed by atoms with Crippen LogP contribution in [-0.2, 0) is 4.79 Å². The van der Waals surface area contributed by atoms with Gasteiger partial charge in [0.2, 0.25) is 5.91 Å². The lowest BCUT2D eigenvalue weighted by Gasteiger charge is -2.34. The van der Waals surface area contributed by atoms with E-state index in [2.05, 4.69) is 26.1 Å². The number of likely N-dealkylation sites (N-methyl/N-ethyl adjacent to an activating group) is 1. The van der Waals surface area contributed by atoms with Crippen LogP contribution in [0.5, 0.6) is 0 Å². The zero-order valence-electron chi connectivity index (χ0n) is 10.5. The molecule has 0 bridgehead atoms. The van der Waals surface area contributed by atoms with Crippen molar-refractivity contribution in [2.24, 2.45) is 0 Å². The van der Waals surface area contributed by atoms with E-state index in [4.69, 9.17) is 0 Å². The van der Waals surface area contributed by atoms with Gasteiger partial charge in [-0.2, -0.15) is 0 Å². The second kappa shape index (κ2) is 6.31. The first-order chi connectivity index (χ1) is 8.72. The molecule has 1 aromatic carbocycles. The maximum Gasteiger partial charge on any atom is 0.241 e. The Bertz CT molecular complexity index is 424. The first kappa shape index (κ1) is 13.5. The van der Waals surface area contributed by atoms with Gasteiger partial charge >= 0.3 is 0 Å². The number of para-hydroxylation sites is 1. The minimum atomic E-state index is 0.171. The van der Waals surface area contributed by atoms with Gasteiger partial charge < -0.3 is 10.2 Å². The fourth-order valence-corrected chi connectivity index (χ4v) is 2.61. The normalized spacial score (nSPS) is 17.2. The van der Waals surface area contributed by atoms with Crippen LogP contribution < -0.4 is 10.2 Å². The largest absolute Gasteiger partial charge is 0.318 e. The lowest BCUT2D eigenvalue weighted by Crippen LogP contribution is -2.51. The summed E-state index contributed by atoms with van der Waals surface area (Å²) in [5.41, 5.74) is 0.968. The van der Waals surface area contributed by atoms with Gasteiger partial charge in [-0.3, -0.25) is 9.69 Å². The monoisotopic (exact) mass is 311 g/mol. The van der Waals surface area contributed by atoms with Gasteiger partial charge in [0.1, 0.15) is 0 Å². The van der Waals surface area contributed by atoms with Crippen molar-refractivity contribution < 1.29 is 4.79 Å². The lowest BCUT2D eigenvalue weighted by molar-refractivity contribution is -0.121. The summed E-state index contributed by atoms with van der Waals surface area (Å²) in [5.74, 6) is 0.171. The summed E-state index contributed by atoms with van der Waals surface area (Å²) in [4.78, 5) is 16.2. The highest BCUT2D eigenvalue weighted by molar-refractivity contribution is 9.10. The molecule has 4 nitrogen and oxygen atoms in total. The molecule has 0 spiro atoms. The average Bonchev–Trinajstić information content (AvgIpc) is 2.38. The summed E-state index contributed by atoms with van der Waals surface area (Å²) in [5, 5.41) is 3.11. The molecule has 5 heteroatoms. The number of hydrogen-bond donors (Lipinski definition) is 1. The van der Waals surface area contributed by atoms with Gasteiger partial charge in [0.25, 0.3) is 0 Å². The van der Waals surface area contributed by atoms with Crippen LogP contribution in [0, 0.1) is 0 Å². The molecule has 1 heterocycles. The molecule has 2 rings (SSSR count). The van der Waals surface area contributed by atoms with Gasteiger partial charge in [0.05, 0.1) is 12.2 Å². The Morgan fingerprint density at radius 1 is 1.33 bits per heavy atom. The number of carbonyl (C=O) groups excluding carboxylic acids is 1. The van der Waals surface area contributed by atoms with Crippen molar-refractivity contribution in [3.05, 3.63) is 28.7 Å². The Hall–Kier alpha value is -0.910. The van der Waals surface area contributed by atoms with Crippen LogP contribution in [0.4, 0.5) is 5.69 Å². The minimum absolute atomic E-state index is 0.171. The van der Waals surface area contributed by atoms with Gasteiger partial charge in [0, 0.05) is 30.7 Å². The van der Waals surface area contributed by atoms with E-state index >= 15 is 0 Å². The minimum Gasteiger partial charge on any atom is -0.318 e. The van der Waals surface area contributed by atoms with E-state index in [-0.39, 0.29) is 5.91 Å². The molecule has 0 unspecified atom stereocenters. The maximum absolute atomic E-state index is 12.2. The molecule has 0 aliphatic carbocycles. The number of halogens is 1. The number of anilines is 1. The molecule has 1 amide bonds. The quantitative estimate of drug-likeness (QED) is 0.911. The predicted octanol–water partition coefficient (Wildman–Crippen LogP) is 1.32. The Labute approximate surface area is 116 Å². The summed E-state index contributed by atoms with van der Waals surface area (Å²) in [6.07, 6.45) is 0. The lowest BCUT2D eigenvalue weighted by atomic mass is 10.2. The standard InChI is InChI=1S/C13H18BrN3O/c1-15-6-7-16-8-9-17(13(18)10-16)12-5-3-2-4-11(12)14/h2-5,15H,6-10H2,1H3. The maximum atomic E-state index is 12.2. The van der Waals surface area contributed by atoms with E-state index in [1.165, 1.54) is 0 Å². The number of benzene rings is 1. The average molecular weight is 312 g/mol.